The molecule has 0 aliphatic carbocycles. The summed E-state index contributed by atoms with van der Waals surface area (Å²) in [5.74, 6) is 0.616. The third-order valence-corrected chi connectivity index (χ3v) is 4.21. The summed E-state index contributed by atoms with van der Waals surface area (Å²) in [6, 6.07) is 19.5. The summed E-state index contributed by atoms with van der Waals surface area (Å²) in [6.07, 6.45) is 1.54. The Hall–Kier alpha value is -2.46. The van der Waals surface area contributed by atoms with Gasteiger partial charge in [-0.05, 0) is 36.6 Å². The Bertz CT molecular complexity index is 791. The van der Waals surface area contributed by atoms with Crippen molar-refractivity contribution in [2.45, 2.75) is 17.9 Å². The van der Waals surface area contributed by atoms with Gasteiger partial charge in [0.2, 0.25) is 5.91 Å². The zero-order chi connectivity index (χ0) is 16.1. The number of furan rings is 1. The lowest BCUT2D eigenvalue weighted by Gasteiger charge is -2.08. The van der Waals surface area contributed by atoms with Crippen molar-refractivity contribution in [2.75, 3.05) is 0 Å². The molecule has 0 bridgehead atoms. The van der Waals surface area contributed by atoms with Crippen LogP contribution < -0.4 is 5.32 Å². The fourth-order valence-corrected chi connectivity index (χ4v) is 2.88. The molecule has 0 aliphatic heterocycles. The molecule has 0 aliphatic rings. The van der Waals surface area contributed by atoms with E-state index in [1.807, 2.05) is 67.6 Å². The van der Waals surface area contributed by atoms with Crippen molar-refractivity contribution in [3.05, 3.63) is 77.9 Å². The Kier molecular flexibility index (Phi) is 4.83. The fourth-order valence-electron chi connectivity index (χ4n) is 2.22. The predicted molar refractivity (Wildman–Crippen MR) is 94.2 cm³/mol. The van der Waals surface area contributed by atoms with Crippen molar-refractivity contribution in [1.29, 1.82) is 0 Å². The number of hydrogen-bond acceptors (Lipinski definition) is 3. The molecule has 3 rings (SSSR count). The van der Waals surface area contributed by atoms with Crippen molar-refractivity contribution in [3.63, 3.8) is 0 Å². The van der Waals surface area contributed by atoms with Gasteiger partial charge in [0.1, 0.15) is 11.3 Å². The summed E-state index contributed by atoms with van der Waals surface area (Å²) >= 11 is 1.51. The van der Waals surface area contributed by atoms with Gasteiger partial charge in [-0.1, -0.05) is 48.2 Å². The van der Waals surface area contributed by atoms with E-state index in [9.17, 15) is 4.79 Å². The summed E-state index contributed by atoms with van der Waals surface area (Å²) < 4.78 is 5.76. The molecule has 0 fully saturated rings. The van der Waals surface area contributed by atoms with Gasteiger partial charge in [-0.3, -0.25) is 4.79 Å². The minimum atomic E-state index is -0.179. The van der Waals surface area contributed by atoms with Gasteiger partial charge in [-0.15, -0.1) is 0 Å². The topological polar surface area (TPSA) is 42.2 Å². The highest BCUT2D eigenvalue weighted by Crippen LogP contribution is 2.23. The first kappa shape index (κ1) is 15.4. The summed E-state index contributed by atoms with van der Waals surface area (Å²) in [5.41, 5.74) is 0.832. The normalized spacial score (nSPS) is 12.6. The molecule has 1 amide bonds. The third-order valence-electron chi connectivity index (χ3n) is 3.40. The van der Waals surface area contributed by atoms with Crippen molar-refractivity contribution in [1.82, 2.24) is 5.32 Å². The quantitative estimate of drug-likeness (QED) is 0.535. The van der Waals surface area contributed by atoms with Crippen LogP contribution in [-0.2, 0) is 4.79 Å². The molecule has 2 aromatic carbocycles. The fraction of sp³-hybridized carbons (Fsp3) is 0.105. The number of hydrogen-bond donors (Lipinski definition) is 1. The maximum absolute atomic E-state index is 12.0. The zero-order valence-electron chi connectivity index (χ0n) is 12.7. The van der Waals surface area contributed by atoms with Crippen molar-refractivity contribution in [3.8, 4) is 0 Å². The number of amides is 1. The molecule has 4 heteroatoms. The van der Waals surface area contributed by atoms with Gasteiger partial charge in [0.25, 0.3) is 0 Å². The Morgan fingerprint density at radius 1 is 1.13 bits per heavy atom. The van der Waals surface area contributed by atoms with Crippen LogP contribution in [-0.4, -0.2) is 5.91 Å². The Morgan fingerprint density at radius 3 is 2.65 bits per heavy atom. The molecule has 3 nitrogen and oxygen atoms in total. The Morgan fingerprint density at radius 2 is 1.87 bits per heavy atom. The average molecular weight is 323 g/mol. The van der Waals surface area contributed by atoms with Gasteiger partial charge in [0.05, 0.1) is 6.04 Å². The SMILES string of the molecule is C[C@H](NC(=O)/C=C/Sc1ccccc1)c1cc2ccccc2o1. The lowest BCUT2D eigenvalue weighted by atomic mass is 10.2. The number of carbonyl (C=O) groups is 1. The van der Waals surface area contributed by atoms with E-state index in [1.54, 1.807) is 5.41 Å². The molecular weight excluding hydrogens is 306 g/mol. The van der Waals surface area contributed by atoms with Gasteiger partial charge in [0, 0.05) is 16.4 Å². The summed E-state index contributed by atoms with van der Waals surface area (Å²) in [7, 11) is 0. The van der Waals surface area contributed by atoms with E-state index in [-0.39, 0.29) is 11.9 Å². The second-order valence-corrected chi connectivity index (χ2v) is 6.13. The van der Waals surface area contributed by atoms with E-state index in [2.05, 4.69) is 5.32 Å². The van der Waals surface area contributed by atoms with Crippen LogP contribution in [0.25, 0.3) is 11.0 Å². The number of thioether (sulfide) groups is 1. The Labute approximate surface area is 139 Å². The lowest BCUT2D eigenvalue weighted by Crippen LogP contribution is -2.24. The largest absolute Gasteiger partial charge is 0.459 e. The van der Waals surface area contributed by atoms with E-state index in [4.69, 9.17) is 4.42 Å². The molecule has 3 aromatic rings. The molecule has 0 unspecified atom stereocenters. The van der Waals surface area contributed by atoms with E-state index in [1.165, 1.54) is 17.8 Å². The first-order valence-electron chi connectivity index (χ1n) is 7.39. The van der Waals surface area contributed by atoms with E-state index >= 15 is 0 Å². The highest BCUT2D eigenvalue weighted by Gasteiger charge is 2.12. The molecule has 0 saturated heterocycles. The van der Waals surface area contributed by atoms with Crippen LogP contribution in [0.4, 0.5) is 0 Å². The first-order valence-corrected chi connectivity index (χ1v) is 8.27. The maximum Gasteiger partial charge on any atom is 0.245 e. The van der Waals surface area contributed by atoms with Crippen molar-refractivity contribution >= 4 is 28.6 Å². The Balaban J connectivity index is 1.58. The summed E-state index contributed by atoms with van der Waals surface area (Å²) in [5, 5.41) is 5.74. The molecule has 0 saturated carbocycles. The van der Waals surface area contributed by atoms with Crippen LogP contribution in [0.2, 0.25) is 0 Å². The smallest absolute Gasteiger partial charge is 0.245 e. The summed E-state index contributed by atoms with van der Waals surface area (Å²) in [4.78, 5) is 13.1. The first-order chi connectivity index (χ1) is 11.2. The molecular formula is C19H17NO2S. The van der Waals surface area contributed by atoms with Crippen LogP contribution >= 0.6 is 11.8 Å². The van der Waals surface area contributed by atoms with Gasteiger partial charge in [-0.25, -0.2) is 0 Å². The molecule has 0 spiro atoms. The monoisotopic (exact) mass is 323 g/mol. The van der Waals surface area contributed by atoms with Crippen LogP contribution in [0.15, 0.2) is 81.5 Å². The predicted octanol–water partition coefficient (Wildman–Crippen LogP) is 4.92. The van der Waals surface area contributed by atoms with E-state index in [0.29, 0.717) is 0 Å². The van der Waals surface area contributed by atoms with Gasteiger partial charge in [-0.2, -0.15) is 0 Å². The molecule has 1 heterocycles. The average Bonchev–Trinajstić information content (AvgIpc) is 3.00. The zero-order valence-corrected chi connectivity index (χ0v) is 13.5. The molecule has 23 heavy (non-hydrogen) atoms. The van der Waals surface area contributed by atoms with E-state index < -0.39 is 0 Å². The van der Waals surface area contributed by atoms with Gasteiger partial charge in [0.15, 0.2) is 0 Å². The van der Waals surface area contributed by atoms with Gasteiger partial charge < -0.3 is 9.73 Å². The van der Waals surface area contributed by atoms with Crippen LogP contribution in [0.3, 0.4) is 0 Å². The third kappa shape index (κ3) is 4.05. The highest BCUT2D eigenvalue weighted by atomic mass is 32.2. The molecule has 1 atom stereocenters. The van der Waals surface area contributed by atoms with Crippen LogP contribution in [0.1, 0.15) is 18.7 Å². The highest BCUT2D eigenvalue weighted by molar-refractivity contribution is 8.02. The van der Waals surface area contributed by atoms with Crippen LogP contribution in [0, 0.1) is 0 Å². The van der Waals surface area contributed by atoms with Crippen LogP contribution in [0.5, 0.6) is 0 Å². The molecule has 116 valence electrons. The molecule has 1 aromatic heterocycles. The molecule has 1 N–H and O–H groups in total. The minimum absolute atomic E-state index is 0.138. The number of rotatable bonds is 5. The molecule has 0 radical (unpaired) electrons. The minimum Gasteiger partial charge on any atom is -0.459 e. The van der Waals surface area contributed by atoms with Gasteiger partial charge >= 0.3 is 0 Å². The second-order valence-electron chi connectivity index (χ2n) is 5.15. The van der Waals surface area contributed by atoms with Crippen molar-refractivity contribution < 1.29 is 9.21 Å². The standard InChI is InChI=1S/C19H17NO2S/c1-14(18-13-15-7-5-6-10-17(15)22-18)20-19(21)11-12-23-16-8-3-2-4-9-16/h2-14H,1H3,(H,20,21)/b12-11+/t14-/m0/s1. The number of benzene rings is 2. The van der Waals surface area contributed by atoms with Crippen molar-refractivity contribution in [2.24, 2.45) is 0 Å². The second kappa shape index (κ2) is 7.20. The lowest BCUT2D eigenvalue weighted by molar-refractivity contribution is -0.117. The number of fused-ring (bicyclic) bond motifs is 1. The number of nitrogens with one attached hydrogen (secondary N) is 1. The van der Waals surface area contributed by atoms with E-state index in [0.717, 1.165) is 21.6 Å². The number of carbonyl (C=O) groups excluding carboxylic acids is 1. The summed E-state index contributed by atoms with van der Waals surface area (Å²) in [6.45, 7) is 1.91. The maximum atomic E-state index is 12.0. The number of para-hydroxylation sites is 1.